The number of nitrogens with zero attached hydrogens (tertiary/aromatic N) is 3. The topological polar surface area (TPSA) is 91.8 Å². The number of nitriles is 1. The van der Waals surface area contributed by atoms with Gasteiger partial charge in [0.1, 0.15) is 0 Å². The van der Waals surface area contributed by atoms with E-state index in [-0.39, 0.29) is 11.5 Å². The predicted octanol–water partition coefficient (Wildman–Crippen LogP) is 4.13. The van der Waals surface area contributed by atoms with Crippen LogP contribution in [0.4, 0.5) is 17.2 Å². The quantitative estimate of drug-likeness (QED) is 0.620. The summed E-state index contributed by atoms with van der Waals surface area (Å²) in [5, 5.41) is 22.7. The third kappa shape index (κ3) is 3.12. The molecule has 0 bridgehead atoms. The van der Waals surface area contributed by atoms with Crippen LogP contribution in [0.25, 0.3) is 0 Å². The number of nitro groups is 1. The first-order chi connectivity index (χ1) is 9.51. The van der Waals surface area contributed by atoms with E-state index in [4.69, 9.17) is 5.26 Å². The van der Waals surface area contributed by atoms with Gasteiger partial charge in [-0.05, 0) is 50.1 Å². The first-order valence-corrected chi connectivity index (χ1v) is 6.86. The molecule has 1 aromatic heterocycles. The highest BCUT2D eigenvalue weighted by Crippen LogP contribution is 2.31. The Morgan fingerprint density at radius 2 is 2.10 bits per heavy atom. The summed E-state index contributed by atoms with van der Waals surface area (Å²) in [6.45, 7) is 0. The largest absolute Gasteiger partial charge is 0.334 e. The third-order valence-electron chi connectivity index (χ3n) is 2.38. The molecule has 8 heteroatoms. The second kappa shape index (κ2) is 5.98. The van der Waals surface area contributed by atoms with Crippen molar-refractivity contribution < 1.29 is 4.92 Å². The Kier molecular flexibility index (Phi) is 4.32. The number of nitrogens with one attached hydrogen (secondary N) is 1. The highest BCUT2D eigenvalue weighted by Gasteiger charge is 2.16. The Labute approximate surface area is 130 Å². The van der Waals surface area contributed by atoms with Gasteiger partial charge in [0.25, 0.3) is 0 Å². The van der Waals surface area contributed by atoms with Crippen molar-refractivity contribution >= 4 is 49.1 Å². The van der Waals surface area contributed by atoms with E-state index >= 15 is 0 Å². The standard InChI is InChI=1S/C12H6Br2N4O2/c13-8-4-11(18(19)20)12(16-6-8)17-10-2-1-7(5-15)3-9(10)14/h1-4,6H,(H,16,17). The Morgan fingerprint density at radius 1 is 1.35 bits per heavy atom. The molecule has 6 nitrogen and oxygen atoms in total. The molecule has 0 spiro atoms. The lowest BCUT2D eigenvalue weighted by molar-refractivity contribution is -0.384. The van der Waals surface area contributed by atoms with Gasteiger partial charge in [-0.25, -0.2) is 4.98 Å². The molecule has 1 aromatic carbocycles. The Morgan fingerprint density at radius 3 is 2.70 bits per heavy atom. The maximum atomic E-state index is 11.0. The average Bonchev–Trinajstić information content (AvgIpc) is 2.42. The number of pyridine rings is 1. The van der Waals surface area contributed by atoms with Crippen molar-refractivity contribution in [1.82, 2.24) is 4.98 Å². The minimum atomic E-state index is -0.516. The molecule has 0 radical (unpaired) electrons. The number of benzene rings is 1. The maximum Gasteiger partial charge on any atom is 0.312 e. The lowest BCUT2D eigenvalue weighted by Crippen LogP contribution is -2.00. The van der Waals surface area contributed by atoms with Crippen LogP contribution in [0.2, 0.25) is 0 Å². The van der Waals surface area contributed by atoms with Crippen molar-refractivity contribution in [2.24, 2.45) is 0 Å². The van der Waals surface area contributed by atoms with Gasteiger partial charge >= 0.3 is 5.69 Å². The zero-order valence-corrected chi connectivity index (χ0v) is 13.0. The Hall–Kier alpha value is -1.98. The van der Waals surface area contributed by atoms with E-state index in [1.807, 2.05) is 6.07 Å². The summed E-state index contributed by atoms with van der Waals surface area (Å²) < 4.78 is 1.14. The number of anilines is 2. The van der Waals surface area contributed by atoms with Gasteiger partial charge in [-0.3, -0.25) is 10.1 Å². The number of hydrogen-bond donors (Lipinski definition) is 1. The normalized spacial score (nSPS) is 9.85. The molecule has 0 saturated heterocycles. The lowest BCUT2D eigenvalue weighted by atomic mass is 10.2. The van der Waals surface area contributed by atoms with Crippen molar-refractivity contribution in [3.8, 4) is 6.07 Å². The van der Waals surface area contributed by atoms with Crippen LogP contribution in [0.1, 0.15) is 5.56 Å². The molecule has 1 heterocycles. The molecule has 0 unspecified atom stereocenters. The van der Waals surface area contributed by atoms with Crippen LogP contribution in [0, 0.1) is 21.4 Å². The van der Waals surface area contributed by atoms with Crippen LogP contribution in [-0.4, -0.2) is 9.91 Å². The molecule has 0 aliphatic carbocycles. The minimum Gasteiger partial charge on any atom is -0.334 e. The molecule has 2 aromatic rings. The van der Waals surface area contributed by atoms with Crippen LogP contribution in [0.3, 0.4) is 0 Å². The maximum absolute atomic E-state index is 11.0. The Bertz CT molecular complexity index is 728. The van der Waals surface area contributed by atoms with E-state index in [0.29, 0.717) is 20.2 Å². The summed E-state index contributed by atoms with van der Waals surface area (Å²) in [6, 6.07) is 8.25. The van der Waals surface area contributed by atoms with E-state index in [1.54, 1.807) is 18.2 Å². The summed E-state index contributed by atoms with van der Waals surface area (Å²) in [5.74, 6) is 0.128. The van der Waals surface area contributed by atoms with Gasteiger partial charge in [0.05, 0.1) is 22.2 Å². The molecule has 1 N–H and O–H groups in total. The second-order valence-electron chi connectivity index (χ2n) is 3.71. The van der Waals surface area contributed by atoms with E-state index < -0.39 is 4.92 Å². The molecular weight excluding hydrogens is 392 g/mol. The molecule has 0 atom stereocenters. The van der Waals surface area contributed by atoms with Crippen molar-refractivity contribution in [1.29, 1.82) is 5.26 Å². The van der Waals surface area contributed by atoms with E-state index in [0.717, 1.165) is 0 Å². The van der Waals surface area contributed by atoms with Gasteiger partial charge in [-0.2, -0.15) is 5.26 Å². The SMILES string of the molecule is N#Cc1ccc(Nc2ncc(Br)cc2[N+](=O)[O-])c(Br)c1. The fourth-order valence-corrected chi connectivity index (χ4v) is 2.27. The van der Waals surface area contributed by atoms with Gasteiger partial charge in [-0.1, -0.05) is 0 Å². The predicted molar refractivity (Wildman–Crippen MR) is 80.7 cm³/mol. The van der Waals surface area contributed by atoms with Gasteiger partial charge in [0.15, 0.2) is 0 Å². The van der Waals surface area contributed by atoms with Crippen molar-refractivity contribution in [2.75, 3.05) is 5.32 Å². The molecule has 0 aliphatic heterocycles. The molecule has 20 heavy (non-hydrogen) atoms. The van der Waals surface area contributed by atoms with Crippen molar-refractivity contribution in [3.05, 3.63) is 55.1 Å². The molecule has 100 valence electrons. The highest BCUT2D eigenvalue weighted by atomic mass is 79.9. The van der Waals surface area contributed by atoms with E-state index in [2.05, 4.69) is 42.2 Å². The third-order valence-corrected chi connectivity index (χ3v) is 3.47. The van der Waals surface area contributed by atoms with Gasteiger partial charge < -0.3 is 5.32 Å². The van der Waals surface area contributed by atoms with Crippen LogP contribution >= 0.6 is 31.9 Å². The van der Waals surface area contributed by atoms with Crippen LogP contribution in [0.15, 0.2) is 39.4 Å². The monoisotopic (exact) mass is 396 g/mol. The second-order valence-corrected chi connectivity index (χ2v) is 5.48. The zero-order chi connectivity index (χ0) is 14.7. The van der Waals surface area contributed by atoms with Crippen molar-refractivity contribution in [2.45, 2.75) is 0 Å². The fraction of sp³-hybridized carbons (Fsp3) is 0. The number of aromatic nitrogens is 1. The summed E-state index contributed by atoms with van der Waals surface area (Å²) in [6.07, 6.45) is 1.47. The van der Waals surface area contributed by atoms with Gasteiger partial charge in [-0.15, -0.1) is 0 Å². The minimum absolute atomic E-state index is 0.128. The Balaban J connectivity index is 2.40. The lowest BCUT2D eigenvalue weighted by Gasteiger charge is -2.08. The van der Waals surface area contributed by atoms with Crippen LogP contribution in [0.5, 0.6) is 0 Å². The summed E-state index contributed by atoms with van der Waals surface area (Å²) in [4.78, 5) is 14.5. The fourth-order valence-electron chi connectivity index (χ4n) is 1.48. The summed E-state index contributed by atoms with van der Waals surface area (Å²) in [7, 11) is 0. The first-order valence-electron chi connectivity index (χ1n) is 5.28. The number of hydrogen-bond acceptors (Lipinski definition) is 5. The van der Waals surface area contributed by atoms with E-state index in [1.165, 1.54) is 12.3 Å². The molecule has 0 amide bonds. The summed E-state index contributed by atoms with van der Waals surface area (Å²) >= 11 is 6.44. The molecular formula is C12H6Br2N4O2. The highest BCUT2D eigenvalue weighted by molar-refractivity contribution is 9.10. The molecule has 0 saturated carbocycles. The molecule has 0 fully saturated rings. The van der Waals surface area contributed by atoms with Crippen LogP contribution < -0.4 is 5.32 Å². The average molecular weight is 398 g/mol. The first kappa shape index (κ1) is 14.4. The van der Waals surface area contributed by atoms with E-state index in [9.17, 15) is 10.1 Å². The van der Waals surface area contributed by atoms with Crippen LogP contribution in [-0.2, 0) is 0 Å². The van der Waals surface area contributed by atoms with Gasteiger partial charge in [0, 0.05) is 21.2 Å². The zero-order valence-electron chi connectivity index (χ0n) is 9.80. The molecule has 2 rings (SSSR count). The van der Waals surface area contributed by atoms with Crippen molar-refractivity contribution in [3.63, 3.8) is 0 Å². The molecule has 0 aliphatic rings. The smallest absolute Gasteiger partial charge is 0.312 e. The summed E-state index contributed by atoms with van der Waals surface area (Å²) in [5.41, 5.74) is 0.929. The van der Waals surface area contributed by atoms with Gasteiger partial charge in [0.2, 0.25) is 5.82 Å². The number of halogens is 2. The number of rotatable bonds is 3.